The lowest BCUT2D eigenvalue weighted by atomic mass is 10.1. The first-order chi connectivity index (χ1) is 10.3. The fourth-order valence-electron chi connectivity index (χ4n) is 2.49. The molecule has 1 saturated heterocycles. The van der Waals surface area contributed by atoms with Crippen molar-refractivity contribution >= 4 is 5.97 Å². The summed E-state index contributed by atoms with van der Waals surface area (Å²) in [5.41, 5.74) is 1.03. The van der Waals surface area contributed by atoms with E-state index in [1.807, 2.05) is 30.3 Å². The largest absolute Gasteiger partial charge is 0.458 e. The van der Waals surface area contributed by atoms with E-state index in [1.165, 1.54) is 13.3 Å². The van der Waals surface area contributed by atoms with Gasteiger partial charge < -0.3 is 14.2 Å². The minimum absolute atomic E-state index is 0.0531. The van der Waals surface area contributed by atoms with Gasteiger partial charge in [0.1, 0.15) is 6.10 Å². The van der Waals surface area contributed by atoms with Gasteiger partial charge in [0.25, 0.3) is 0 Å². The molecule has 1 heterocycles. The first-order valence-corrected chi connectivity index (χ1v) is 7.71. The molecule has 2 unspecified atom stereocenters. The monoisotopic (exact) mass is 292 g/mol. The smallest absolute Gasteiger partial charge is 0.303 e. The number of carbonyl (C=O) groups excluding carboxylic acids is 1. The van der Waals surface area contributed by atoms with E-state index < -0.39 is 0 Å². The lowest BCUT2D eigenvalue weighted by Gasteiger charge is -2.23. The number of esters is 1. The van der Waals surface area contributed by atoms with Crippen LogP contribution in [0.5, 0.6) is 0 Å². The normalized spacial score (nSPS) is 20.0. The third kappa shape index (κ3) is 5.86. The maximum absolute atomic E-state index is 11.2. The number of carbonyl (C=O) groups is 1. The van der Waals surface area contributed by atoms with Crippen molar-refractivity contribution in [2.75, 3.05) is 13.2 Å². The Morgan fingerprint density at radius 3 is 2.81 bits per heavy atom. The Bertz CT molecular complexity index is 412. The van der Waals surface area contributed by atoms with E-state index in [0.717, 1.165) is 37.9 Å². The summed E-state index contributed by atoms with van der Waals surface area (Å²) in [4.78, 5) is 11.2. The predicted molar refractivity (Wildman–Crippen MR) is 79.7 cm³/mol. The summed E-state index contributed by atoms with van der Waals surface area (Å²) in [7, 11) is 0. The highest BCUT2D eigenvalue weighted by Crippen LogP contribution is 2.23. The third-order valence-electron chi connectivity index (χ3n) is 3.53. The van der Waals surface area contributed by atoms with Gasteiger partial charge in [-0.05, 0) is 37.7 Å². The first-order valence-electron chi connectivity index (χ1n) is 7.71. The second kappa shape index (κ2) is 8.80. The van der Waals surface area contributed by atoms with Crippen molar-refractivity contribution in [3.8, 4) is 0 Å². The second-order valence-electron chi connectivity index (χ2n) is 5.32. The van der Waals surface area contributed by atoms with Crippen LogP contribution in [0.1, 0.15) is 50.7 Å². The quantitative estimate of drug-likeness (QED) is 0.569. The Morgan fingerprint density at radius 1 is 1.33 bits per heavy atom. The minimum Gasteiger partial charge on any atom is -0.458 e. The van der Waals surface area contributed by atoms with Crippen LogP contribution in [0.4, 0.5) is 0 Å². The van der Waals surface area contributed by atoms with E-state index in [9.17, 15) is 4.79 Å². The van der Waals surface area contributed by atoms with Crippen LogP contribution in [-0.4, -0.2) is 25.5 Å². The molecular weight excluding hydrogens is 268 g/mol. The molecule has 0 saturated carbocycles. The Morgan fingerprint density at radius 2 is 2.14 bits per heavy atom. The van der Waals surface area contributed by atoms with Gasteiger partial charge in [0, 0.05) is 20.1 Å². The predicted octanol–water partition coefficient (Wildman–Crippen LogP) is 3.61. The molecule has 2 atom stereocenters. The van der Waals surface area contributed by atoms with Gasteiger partial charge in [-0.25, -0.2) is 0 Å². The van der Waals surface area contributed by atoms with Gasteiger partial charge in [-0.2, -0.15) is 0 Å². The maximum Gasteiger partial charge on any atom is 0.303 e. The van der Waals surface area contributed by atoms with E-state index in [2.05, 4.69) is 0 Å². The molecule has 1 fully saturated rings. The second-order valence-corrected chi connectivity index (χ2v) is 5.32. The zero-order valence-electron chi connectivity index (χ0n) is 12.6. The zero-order chi connectivity index (χ0) is 14.9. The number of benzene rings is 1. The molecule has 0 N–H and O–H groups in total. The SMILES string of the molecule is CC(=O)OC(CCCOC1CCCCO1)c1ccccc1. The lowest BCUT2D eigenvalue weighted by Crippen LogP contribution is -2.22. The number of ether oxygens (including phenoxy) is 3. The highest BCUT2D eigenvalue weighted by molar-refractivity contribution is 5.66. The number of hydrogen-bond acceptors (Lipinski definition) is 4. The van der Waals surface area contributed by atoms with Gasteiger partial charge in [-0.1, -0.05) is 30.3 Å². The summed E-state index contributed by atoms with van der Waals surface area (Å²) in [6.07, 6.45) is 4.63. The zero-order valence-corrected chi connectivity index (χ0v) is 12.6. The van der Waals surface area contributed by atoms with E-state index in [0.29, 0.717) is 6.61 Å². The van der Waals surface area contributed by atoms with Crippen molar-refractivity contribution in [3.63, 3.8) is 0 Å². The lowest BCUT2D eigenvalue weighted by molar-refractivity contribution is -0.164. The van der Waals surface area contributed by atoms with E-state index in [1.54, 1.807) is 0 Å². The Balaban J connectivity index is 1.75. The number of rotatable bonds is 7. The Kier molecular flexibility index (Phi) is 6.70. The molecule has 1 aliphatic heterocycles. The molecule has 0 amide bonds. The van der Waals surface area contributed by atoms with Crippen molar-refractivity contribution in [2.24, 2.45) is 0 Å². The van der Waals surface area contributed by atoms with Gasteiger partial charge in [-0.3, -0.25) is 4.79 Å². The van der Waals surface area contributed by atoms with Crippen molar-refractivity contribution in [1.82, 2.24) is 0 Å². The summed E-state index contributed by atoms with van der Waals surface area (Å²) in [5.74, 6) is -0.250. The molecule has 21 heavy (non-hydrogen) atoms. The molecular formula is C17H24O4. The Hall–Kier alpha value is -1.39. The van der Waals surface area contributed by atoms with Crippen LogP contribution < -0.4 is 0 Å². The topological polar surface area (TPSA) is 44.8 Å². The molecule has 4 nitrogen and oxygen atoms in total. The molecule has 1 aromatic rings. The van der Waals surface area contributed by atoms with Gasteiger partial charge in [0.2, 0.25) is 0 Å². The summed E-state index contributed by atoms with van der Waals surface area (Å²) in [5, 5.41) is 0. The first kappa shape index (κ1) is 16.0. The molecule has 0 aliphatic carbocycles. The van der Waals surface area contributed by atoms with E-state index in [-0.39, 0.29) is 18.4 Å². The van der Waals surface area contributed by atoms with Crippen LogP contribution in [0.25, 0.3) is 0 Å². The molecule has 0 spiro atoms. The Labute approximate surface area is 126 Å². The highest BCUT2D eigenvalue weighted by Gasteiger charge is 2.16. The fraction of sp³-hybridized carbons (Fsp3) is 0.588. The molecule has 1 aliphatic rings. The summed E-state index contributed by atoms with van der Waals surface area (Å²) >= 11 is 0. The van der Waals surface area contributed by atoms with Gasteiger partial charge in [-0.15, -0.1) is 0 Å². The molecule has 0 bridgehead atoms. The van der Waals surface area contributed by atoms with Crippen LogP contribution >= 0.6 is 0 Å². The van der Waals surface area contributed by atoms with Crippen molar-refractivity contribution in [3.05, 3.63) is 35.9 Å². The molecule has 0 aromatic heterocycles. The molecule has 0 radical (unpaired) electrons. The summed E-state index contributed by atoms with van der Waals surface area (Å²) in [6.45, 7) is 2.88. The van der Waals surface area contributed by atoms with Crippen LogP contribution in [-0.2, 0) is 19.0 Å². The average molecular weight is 292 g/mol. The van der Waals surface area contributed by atoms with E-state index >= 15 is 0 Å². The van der Waals surface area contributed by atoms with Crippen molar-refractivity contribution < 1.29 is 19.0 Å². The fourth-order valence-corrected chi connectivity index (χ4v) is 2.49. The molecule has 2 rings (SSSR count). The van der Waals surface area contributed by atoms with Crippen LogP contribution in [0.15, 0.2) is 30.3 Å². The minimum atomic E-state index is -0.250. The van der Waals surface area contributed by atoms with Gasteiger partial charge >= 0.3 is 5.97 Å². The summed E-state index contributed by atoms with van der Waals surface area (Å²) < 4.78 is 16.6. The van der Waals surface area contributed by atoms with E-state index in [4.69, 9.17) is 14.2 Å². The third-order valence-corrected chi connectivity index (χ3v) is 3.53. The van der Waals surface area contributed by atoms with Crippen molar-refractivity contribution in [1.29, 1.82) is 0 Å². The highest BCUT2D eigenvalue weighted by atomic mass is 16.7. The summed E-state index contributed by atoms with van der Waals surface area (Å²) in [6, 6.07) is 9.84. The molecule has 116 valence electrons. The van der Waals surface area contributed by atoms with Crippen LogP contribution in [0.2, 0.25) is 0 Å². The standard InChI is InChI=1S/C17H24O4/c1-14(18)21-16(15-8-3-2-4-9-15)10-7-13-20-17-11-5-6-12-19-17/h2-4,8-9,16-17H,5-7,10-13H2,1H3. The number of hydrogen-bond donors (Lipinski definition) is 0. The van der Waals surface area contributed by atoms with Crippen molar-refractivity contribution in [2.45, 2.75) is 51.4 Å². The van der Waals surface area contributed by atoms with Gasteiger partial charge in [0.05, 0.1) is 0 Å². The van der Waals surface area contributed by atoms with Crippen LogP contribution in [0, 0.1) is 0 Å². The van der Waals surface area contributed by atoms with Crippen LogP contribution in [0.3, 0.4) is 0 Å². The molecule has 1 aromatic carbocycles. The maximum atomic E-state index is 11.2. The van der Waals surface area contributed by atoms with Gasteiger partial charge in [0.15, 0.2) is 6.29 Å². The molecule has 4 heteroatoms. The average Bonchev–Trinajstić information content (AvgIpc) is 2.52.